The predicted molar refractivity (Wildman–Crippen MR) is 92.7 cm³/mol. The second-order valence-electron chi connectivity index (χ2n) is 5.25. The third-order valence-corrected chi connectivity index (χ3v) is 3.50. The van der Waals surface area contributed by atoms with Gasteiger partial charge in [0.1, 0.15) is 23.2 Å². The largest absolute Gasteiger partial charge is 0.468 e. The summed E-state index contributed by atoms with van der Waals surface area (Å²) in [6.07, 6.45) is 10.1. The summed E-state index contributed by atoms with van der Waals surface area (Å²) >= 11 is 0. The normalized spacial score (nSPS) is 17.7. The zero-order chi connectivity index (χ0) is 17.5. The van der Waals surface area contributed by atoms with Crippen LogP contribution in [0.15, 0.2) is 90.7 Å². The van der Waals surface area contributed by atoms with Crippen LogP contribution in [0, 0.1) is 5.92 Å². The van der Waals surface area contributed by atoms with Crippen LogP contribution in [0.1, 0.15) is 0 Å². The quantitative estimate of drug-likeness (QED) is 0.616. The van der Waals surface area contributed by atoms with Gasteiger partial charge in [-0.1, -0.05) is 30.4 Å². The Morgan fingerprint density at radius 3 is 2.64 bits per heavy atom. The zero-order valence-corrected chi connectivity index (χ0v) is 13.7. The van der Waals surface area contributed by atoms with Crippen LogP contribution in [-0.2, 0) is 9.53 Å². The number of nitrogens with zero attached hydrogens (tertiary/aromatic N) is 1. The van der Waals surface area contributed by atoms with Crippen molar-refractivity contribution < 1.29 is 19.0 Å². The van der Waals surface area contributed by atoms with Gasteiger partial charge in [-0.05, 0) is 30.3 Å². The van der Waals surface area contributed by atoms with E-state index in [1.54, 1.807) is 49.0 Å². The molecular formula is C20H17NO4. The van der Waals surface area contributed by atoms with E-state index in [0.29, 0.717) is 17.3 Å². The molecule has 5 nitrogen and oxygen atoms in total. The first kappa shape index (κ1) is 16.5. The van der Waals surface area contributed by atoms with E-state index in [1.165, 1.54) is 7.11 Å². The molecule has 126 valence electrons. The maximum Gasteiger partial charge on any atom is 0.320 e. The van der Waals surface area contributed by atoms with Crippen LogP contribution in [0.3, 0.4) is 0 Å². The SMILES string of the molecule is COC(=O)C1C=C/C(=C/Oc2cccnc2)C=C1Oc1ccccc1. The van der Waals surface area contributed by atoms with E-state index in [2.05, 4.69) is 4.98 Å². The van der Waals surface area contributed by atoms with Crippen molar-refractivity contribution in [1.82, 2.24) is 4.98 Å². The summed E-state index contributed by atoms with van der Waals surface area (Å²) in [4.78, 5) is 16.0. The molecule has 2 aromatic rings. The van der Waals surface area contributed by atoms with Gasteiger partial charge in [-0.2, -0.15) is 0 Å². The molecule has 0 N–H and O–H groups in total. The summed E-state index contributed by atoms with van der Waals surface area (Å²) in [5.41, 5.74) is 0.759. The van der Waals surface area contributed by atoms with Crippen molar-refractivity contribution in [2.75, 3.05) is 7.11 Å². The first-order valence-electron chi connectivity index (χ1n) is 7.73. The monoisotopic (exact) mass is 335 g/mol. The molecule has 1 aliphatic carbocycles. The van der Waals surface area contributed by atoms with Gasteiger partial charge in [0.05, 0.1) is 19.6 Å². The maximum atomic E-state index is 12.0. The molecule has 0 fully saturated rings. The van der Waals surface area contributed by atoms with Crippen LogP contribution in [0.4, 0.5) is 0 Å². The number of allylic oxidation sites excluding steroid dienone is 3. The van der Waals surface area contributed by atoms with Crippen molar-refractivity contribution in [2.24, 2.45) is 5.92 Å². The molecule has 0 bridgehead atoms. The zero-order valence-electron chi connectivity index (χ0n) is 13.7. The molecule has 5 heteroatoms. The van der Waals surface area contributed by atoms with Gasteiger partial charge in [-0.3, -0.25) is 9.78 Å². The highest BCUT2D eigenvalue weighted by Crippen LogP contribution is 2.26. The average molecular weight is 335 g/mol. The number of esters is 1. The van der Waals surface area contributed by atoms with Crippen LogP contribution in [0.25, 0.3) is 0 Å². The van der Waals surface area contributed by atoms with Crippen LogP contribution < -0.4 is 9.47 Å². The first-order chi connectivity index (χ1) is 12.3. The number of methoxy groups -OCH3 is 1. The number of ether oxygens (including phenoxy) is 3. The fourth-order valence-electron chi connectivity index (χ4n) is 2.27. The Bertz CT molecular complexity index is 810. The van der Waals surface area contributed by atoms with Gasteiger partial charge in [0.25, 0.3) is 0 Å². The van der Waals surface area contributed by atoms with Gasteiger partial charge < -0.3 is 14.2 Å². The standard InChI is InChI=1S/C20H17NO4/c1-23-20(22)18-10-9-15(14-24-17-8-5-11-21-13-17)12-19(18)25-16-6-3-2-4-7-16/h2-14,18H,1H3/b15-14-. The van der Waals surface area contributed by atoms with Gasteiger partial charge in [-0.25, -0.2) is 0 Å². The van der Waals surface area contributed by atoms with Crippen LogP contribution in [0.2, 0.25) is 0 Å². The van der Waals surface area contributed by atoms with Crippen LogP contribution in [-0.4, -0.2) is 18.1 Å². The fraction of sp³-hybridized carbons (Fsp3) is 0.100. The van der Waals surface area contributed by atoms with Gasteiger partial charge in [0.15, 0.2) is 0 Å². The molecule has 25 heavy (non-hydrogen) atoms. The van der Waals surface area contributed by atoms with E-state index in [-0.39, 0.29) is 5.97 Å². The number of benzene rings is 1. The molecule has 1 atom stereocenters. The van der Waals surface area contributed by atoms with Crippen molar-refractivity contribution in [3.05, 3.63) is 90.7 Å². The molecule has 1 aromatic heterocycles. The Hall–Kier alpha value is -3.34. The Labute approximate surface area is 145 Å². The lowest BCUT2D eigenvalue weighted by Gasteiger charge is -2.19. The first-order valence-corrected chi connectivity index (χ1v) is 7.73. The highest BCUT2D eigenvalue weighted by atomic mass is 16.5. The Balaban J connectivity index is 1.82. The Morgan fingerprint density at radius 1 is 1.12 bits per heavy atom. The summed E-state index contributed by atoms with van der Waals surface area (Å²) in [6, 6.07) is 12.9. The Kier molecular flexibility index (Phi) is 5.26. The van der Waals surface area contributed by atoms with Crippen LogP contribution >= 0.6 is 0 Å². The number of pyridine rings is 1. The number of hydrogen-bond acceptors (Lipinski definition) is 5. The van der Waals surface area contributed by atoms with Gasteiger partial charge in [-0.15, -0.1) is 0 Å². The molecule has 0 spiro atoms. The molecule has 1 heterocycles. The van der Waals surface area contributed by atoms with E-state index in [4.69, 9.17) is 14.2 Å². The second kappa shape index (κ2) is 7.97. The Morgan fingerprint density at radius 2 is 1.92 bits per heavy atom. The lowest BCUT2D eigenvalue weighted by Crippen LogP contribution is -2.21. The molecule has 1 unspecified atom stereocenters. The number of carbonyl (C=O) groups excluding carboxylic acids is 1. The molecule has 0 amide bonds. The van der Waals surface area contributed by atoms with Crippen molar-refractivity contribution >= 4 is 5.97 Å². The molecule has 0 aliphatic heterocycles. The topological polar surface area (TPSA) is 57.7 Å². The van der Waals surface area contributed by atoms with Crippen LogP contribution in [0.5, 0.6) is 11.5 Å². The van der Waals surface area contributed by atoms with Gasteiger partial charge in [0, 0.05) is 11.8 Å². The predicted octanol–water partition coefficient (Wildman–Crippen LogP) is 3.67. The lowest BCUT2D eigenvalue weighted by atomic mass is 9.98. The molecule has 0 radical (unpaired) electrons. The summed E-state index contributed by atoms with van der Waals surface area (Å²) in [6.45, 7) is 0. The summed E-state index contributed by atoms with van der Waals surface area (Å²) in [7, 11) is 1.35. The number of rotatable bonds is 5. The number of para-hydroxylation sites is 1. The number of aromatic nitrogens is 1. The highest BCUT2D eigenvalue weighted by Gasteiger charge is 2.26. The van der Waals surface area contributed by atoms with Crippen molar-refractivity contribution in [1.29, 1.82) is 0 Å². The molecule has 1 aromatic carbocycles. The summed E-state index contributed by atoms with van der Waals surface area (Å²) in [5.74, 6) is 0.760. The minimum Gasteiger partial charge on any atom is -0.468 e. The molecular weight excluding hydrogens is 318 g/mol. The smallest absolute Gasteiger partial charge is 0.320 e. The third-order valence-electron chi connectivity index (χ3n) is 3.50. The molecule has 3 rings (SSSR count). The minimum atomic E-state index is -0.597. The van der Waals surface area contributed by atoms with Gasteiger partial charge in [0.2, 0.25) is 0 Å². The van der Waals surface area contributed by atoms with E-state index >= 15 is 0 Å². The molecule has 0 saturated heterocycles. The van der Waals surface area contributed by atoms with E-state index in [0.717, 1.165) is 5.57 Å². The minimum absolute atomic E-state index is 0.384. The van der Waals surface area contributed by atoms with Crippen molar-refractivity contribution in [2.45, 2.75) is 0 Å². The van der Waals surface area contributed by atoms with E-state index in [1.807, 2.05) is 30.3 Å². The van der Waals surface area contributed by atoms with Gasteiger partial charge >= 0.3 is 5.97 Å². The highest BCUT2D eigenvalue weighted by molar-refractivity contribution is 5.78. The van der Waals surface area contributed by atoms with E-state index in [9.17, 15) is 4.79 Å². The number of carbonyl (C=O) groups is 1. The fourth-order valence-corrected chi connectivity index (χ4v) is 2.27. The third kappa shape index (κ3) is 4.35. The molecule has 0 saturated carbocycles. The summed E-state index contributed by atoms with van der Waals surface area (Å²) < 4.78 is 16.3. The summed E-state index contributed by atoms with van der Waals surface area (Å²) in [5, 5.41) is 0. The maximum absolute atomic E-state index is 12.0. The van der Waals surface area contributed by atoms with Crippen molar-refractivity contribution in [3.8, 4) is 11.5 Å². The van der Waals surface area contributed by atoms with E-state index < -0.39 is 5.92 Å². The lowest BCUT2D eigenvalue weighted by molar-refractivity contribution is -0.143. The van der Waals surface area contributed by atoms with Crippen molar-refractivity contribution in [3.63, 3.8) is 0 Å². The molecule has 1 aliphatic rings. The second-order valence-corrected chi connectivity index (χ2v) is 5.25. The average Bonchev–Trinajstić information content (AvgIpc) is 2.67. The number of hydrogen-bond donors (Lipinski definition) is 0.